The highest BCUT2D eigenvalue weighted by atomic mass is 32.2. The number of methoxy groups -OCH3 is 1. The number of nitrogens with two attached hydrogens (primary N) is 1. The summed E-state index contributed by atoms with van der Waals surface area (Å²) in [5.41, 5.74) is 4.24. The second-order valence-electron chi connectivity index (χ2n) is 10.8. The van der Waals surface area contributed by atoms with Gasteiger partial charge < -0.3 is 25.3 Å². The number of hydrogen-bond donors (Lipinski definition) is 4. The number of carbonyl (C=O) groups excluding carboxylic acids is 3. The molecule has 0 aromatic heterocycles. The van der Waals surface area contributed by atoms with Gasteiger partial charge in [-0.25, -0.2) is 34.8 Å². The van der Waals surface area contributed by atoms with Crippen LogP contribution in [0.1, 0.15) is 57.4 Å². The smallest absolute Gasteiger partial charge is 0.465 e. The molecule has 1 aromatic rings. The Labute approximate surface area is 261 Å². The fourth-order valence-corrected chi connectivity index (χ4v) is 8.18. The number of nitrogens with one attached hydrogen (secondary N) is 1. The van der Waals surface area contributed by atoms with Crippen molar-refractivity contribution in [1.29, 1.82) is 0 Å². The normalized spacial score (nSPS) is 17.3. The first-order valence-electron chi connectivity index (χ1n) is 14.1. The summed E-state index contributed by atoms with van der Waals surface area (Å²) in [6.07, 6.45) is 0.861. The minimum atomic E-state index is -3.88. The van der Waals surface area contributed by atoms with Crippen molar-refractivity contribution in [2.45, 2.75) is 74.1 Å². The lowest BCUT2D eigenvalue weighted by atomic mass is 9.80. The molecule has 3 atom stereocenters. The average molecular weight is 683 g/mol. The Morgan fingerprint density at radius 1 is 1.05 bits per heavy atom. The molecule has 44 heavy (non-hydrogen) atoms. The average Bonchev–Trinajstić information content (AvgIpc) is 2.97. The molecule has 0 spiro atoms. The lowest BCUT2D eigenvalue weighted by molar-refractivity contribution is -0.183. The van der Waals surface area contributed by atoms with Crippen LogP contribution in [0.4, 0.5) is 4.79 Å². The topological polar surface area (TPSA) is 219 Å². The van der Waals surface area contributed by atoms with E-state index >= 15 is 0 Å². The largest absolute Gasteiger partial charge is 0.510 e. The molecular formula is C27H42N2O12S3. The monoisotopic (exact) mass is 682 g/mol. The number of carbonyl (C=O) groups is 3. The molecular weight excluding hydrogens is 640 g/mol. The summed E-state index contributed by atoms with van der Waals surface area (Å²) in [5.74, 6) is -4.93. The molecule has 1 saturated carbocycles. The molecule has 1 fully saturated rings. The summed E-state index contributed by atoms with van der Waals surface area (Å²) >= 11 is 0. The van der Waals surface area contributed by atoms with Crippen molar-refractivity contribution < 1.29 is 53.8 Å². The van der Waals surface area contributed by atoms with E-state index in [1.54, 1.807) is 30.3 Å². The Kier molecular flexibility index (Phi) is 14.1. The first-order valence-corrected chi connectivity index (χ1v) is 18.6. The number of hydrogen-bond acceptors (Lipinski definition) is 13. The van der Waals surface area contributed by atoms with Crippen molar-refractivity contribution in [3.8, 4) is 0 Å². The fourth-order valence-electron chi connectivity index (χ4n) is 5.42. The Hall–Kier alpha value is -2.76. The van der Waals surface area contributed by atoms with Gasteiger partial charge in [-0.1, -0.05) is 49.6 Å². The van der Waals surface area contributed by atoms with Gasteiger partial charge in [-0.15, -0.1) is 0 Å². The number of thiol groups is 2. The molecule has 1 aromatic carbocycles. The molecule has 1 amide bonds. The quantitative estimate of drug-likeness (QED) is 0.107. The van der Waals surface area contributed by atoms with Crippen LogP contribution < -0.4 is 11.1 Å². The van der Waals surface area contributed by atoms with Gasteiger partial charge in [0, 0.05) is 24.1 Å². The zero-order valence-corrected chi connectivity index (χ0v) is 27.6. The third-order valence-electron chi connectivity index (χ3n) is 7.75. The highest BCUT2D eigenvalue weighted by molar-refractivity contribution is 7.93. The van der Waals surface area contributed by atoms with Crippen LogP contribution in [-0.4, -0.2) is 84.9 Å². The van der Waals surface area contributed by atoms with E-state index in [1.165, 1.54) is 6.92 Å². The second kappa shape index (κ2) is 16.5. The molecule has 17 heteroatoms. The lowest BCUT2D eigenvalue weighted by Gasteiger charge is -2.40. The summed E-state index contributed by atoms with van der Waals surface area (Å²) in [4.78, 5) is 40.1. The molecule has 0 radical (unpaired) electrons. The van der Waals surface area contributed by atoms with Gasteiger partial charge in [0.1, 0.15) is 9.84 Å². The van der Waals surface area contributed by atoms with Crippen LogP contribution in [0, 0.1) is 11.8 Å². The van der Waals surface area contributed by atoms with E-state index in [4.69, 9.17) is 19.9 Å². The number of amides is 1. The zero-order valence-electron chi connectivity index (χ0n) is 25.0. The van der Waals surface area contributed by atoms with Gasteiger partial charge in [-0.05, 0) is 44.6 Å². The van der Waals surface area contributed by atoms with Crippen molar-refractivity contribution in [3.63, 3.8) is 0 Å². The third-order valence-corrected chi connectivity index (χ3v) is 12.0. The Balaban J connectivity index is 2.67. The molecule has 1 aliphatic carbocycles. The van der Waals surface area contributed by atoms with Crippen LogP contribution in [0.15, 0.2) is 30.3 Å². The molecule has 2 rings (SSSR count). The Morgan fingerprint density at radius 2 is 1.64 bits per heavy atom. The van der Waals surface area contributed by atoms with Gasteiger partial charge >= 0.3 is 12.1 Å². The number of benzene rings is 1. The first-order chi connectivity index (χ1) is 20.6. The van der Waals surface area contributed by atoms with Crippen LogP contribution in [-0.2, 0) is 61.5 Å². The van der Waals surface area contributed by atoms with Gasteiger partial charge in [0.25, 0.3) is 5.72 Å². The van der Waals surface area contributed by atoms with Crippen LogP contribution in [0.2, 0.25) is 0 Å². The van der Waals surface area contributed by atoms with Crippen LogP contribution in [0.3, 0.4) is 0 Å². The predicted octanol–water partition coefficient (Wildman–Crippen LogP) is 0.655. The van der Waals surface area contributed by atoms with Gasteiger partial charge in [-0.2, -0.15) is 0 Å². The van der Waals surface area contributed by atoms with Crippen molar-refractivity contribution in [3.05, 3.63) is 35.9 Å². The van der Waals surface area contributed by atoms with E-state index in [0.717, 1.165) is 19.8 Å². The van der Waals surface area contributed by atoms with E-state index in [-0.39, 0.29) is 13.0 Å². The van der Waals surface area contributed by atoms with Crippen molar-refractivity contribution in [2.75, 3.05) is 25.7 Å². The summed E-state index contributed by atoms with van der Waals surface area (Å²) in [6, 6.07) is 6.55. The number of rotatable bonds is 16. The van der Waals surface area contributed by atoms with Gasteiger partial charge in [0.15, 0.2) is 25.5 Å². The van der Waals surface area contributed by atoms with Crippen LogP contribution >= 0.6 is 0 Å². The summed E-state index contributed by atoms with van der Waals surface area (Å²) in [7, 11) is -10.4. The van der Waals surface area contributed by atoms with E-state index in [0.29, 0.717) is 31.2 Å². The van der Waals surface area contributed by atoms with E-state index in [9.17, 15) is 39.6 Å². The van der Waals surface area contributed by atoms with Crippen molar-refractivity contribution in [2.24, 2.45) is 17.6 Å². The fraction of sp³-hybridized carbons (Fsp3) is 0.667. The molecule has 0 bridgehead atoms. The zero-order chi connectivity index (χ0) is 33.1. The van der Waals surface area contributed by atoms with Gasteiger partial charge in [0.2, 0.25) is 5.91 Å². The molecule has 0 aliphatic heterocycles. The number of ether oxygens (including phenoxy) is 3. The van der Waals surface area contributed by atoms with E-state index in [1.807, 2.05) is 0 Å². The first kappa shape index (κ1) is 37.4. The number of esters is 1. The maximum atomic E-state index is 14.1. The van der Waals surface area contributed by atoms with Gasteiger partial charge in [-0.3, -0.25) is 4.79 Å². The van der Waals surface area contributed by atoms with Crippen LogP contribution in [0.25, 0.3) is 0 Å². The minimum Gasteiger partial charge on any atom is -0.465 e. The standard InChI is InChI=1S/C27H42N2O12S3/c1-4-40-25(32)41-27(24(31)39-2,21-13-9-6-10-14-21)29-23(30)20(17-19-11-7-5-8-12-19)18-26(42(33)34,43(35)36)22(28)15-16-44(3,37)38/h5,7-8,11-12,20-22,42-43H,4,6,9-10,13-18,28H2,1-3H3,(H,29,30). The molecule has 250 valence electrons. The second-order valence-corrected chi connectivity index (χ2v) is 16.1. The molecule has 1 aliphatic rings. The maximum absolute atomic E-state index is 14.1. The summed E-state index contributed by atoms with van der Waals surface area (Å²) in [5, 5.41) is 2.49. The molecule has 3 N–H and O–H groups in total. The lowest BCUT2D eigenvalue weighted by Crippen LogP contribution is -2.64. The minimum absolute atomic E-state index is 0.105. The molecule has 0 heterocycles. The number of sulfone groups is 1. The van der Waals surface area contributed by atoms with E-state index in [2.05, 4.69) is 5.32 Å². The highest BCUT2D eigenvalue weighted by Gasteiger charge is 2.55. The maximum Gasteiger partial charge on any atom is 0.510 e. The predicted molar refractivity (Wildman–Crippen MR) is 161 cm³/mol. The van der Waals surface area contributed by atoms with Gasteiger partial charge in [0.05, 0.1) is 19.5 Å². The summed E-state index contributed by atoms with van der Waals surface area (Å²) in [6.45, 7) is 1.41. The summed E-state index contributed by atoms with van der Waals surface area (Å²) < 4.78 is 86.9. The molecule has 14 nitrogen and oxygen atoms in total. The van der Waals surface area contributed by atoms with Crippen LogP contribution in [0.5, 0.6) is 0 Å². The molecule has 0 saturated heterocycles. The Morgan fingerprint density at radius 3 is 2.14 bits per heavy atom. The molecule has 3 unspecified atom stereocenters. The van der Waals surface area contributed by atoms with Crippen molar-refractivity contribution >= 4 is 49.3 Å². The van der Waals surface area contributed by atoms with Crippen molar-refractivity contribution in [1.82, 2.24) is 5.32 Å². The third kappa shape index (κ3) is 9.62. The van der Waals surface area contributed by atoms with E-state index < -0.39 is 95.6 Å². The SMILES string of the molecule is CCOC(=O)OC(NC(=O)C(Cc1ccccc1)CC(C(N)CCS(C)(=O)=O)([SH](=O)=O)[SH](=O)=O)(C(=O)OC)C1CCCCC1. The Bertz CT molecular complexity index is 1370. The highest BCUT2D eigenvalue weighted by Crippen LogP contribution is 2.37.